The molecule has 0 bridgehead atoms. The lowest BCUT2D eigenvalue weighted by Gasteiger charge is -2.43. The van der Waals surface area contributed by atoms with Crippen molar-refractivity contribution >= 4 is 5.97 Å². The smallest absolute Gasteiger partial charge is 0.323 e. The van der Waals surface area contributed by atoms with Crippen LogP contribution >= 0.6 is 0 Å². The summed E-state index contributed by atoms with van der Waals surface area (Å²) in [7, 11) is 0. The van der Waals surface area contributed by atoms with Gasteiger partial charge in [-0.15, -0.1) is 0 Å². The Kier molecular flexibility index (Phi) is 3.48. The Morgan fingerprint density at radius 1 is 1.29 bits per heavy atom. The van der Waals surface area contributed by atoms with Crippen LogP contribution in [-0.2, 0) is 4.79 Å². The van der Waals surface area contributed by atoms with E-state index >= 15 is 0 Å². The van der Waals surface area contributed by atoms with Crippen LogP contribution in [-0.4, -0.2) is 34.1 Å². The highest BCUT2D eigenvalue weighted by atomic mass is 16.4. The monoisotopic (exact) mass is 239 g/mol. The Hall–Kier alpha value is -0.570. The first-order valence-corrected chi connectivity index (χ1v) is 6.95. The fourth-order valence-electron chi connectivity index (χ4n) is 3.60. The van der Waals surface area contributed by atoms with Crippen molar-refractivity contribution in [2.24, 2.45) is 11.8 Å². The van der Waals surface area contributed by atoms with Crippen molar-refractivity contribution < 1.29 is 9.90 Å². The maximum Gasteiger partial charge on any atom is 0.323 e. The van der Waals surface area contributed by atoms with E-state index in [-0.39, 0.29) is 0 Å². The zero-order valence-electron chi connectivity index (χ0n) is 11.3. The largest absolute Gasteiger partial charge is 0.480 e. The Morgan fingerprint density at radius 2 is 2.00 bits per heavy atom. The molecule has 1 aliphatic carbocycles. The molecule has 4 unspecified atom stereocenters. The molecule has 1 aliphatic heterocycles. The predicted octanol–water partition coefficient (Wildman–Crippen LogP) is 2.75. The van der Waals surface area contributed by atoms with E-state index in [1.165, 1.54) is 19.3 Å². The number of nitrogens with zero attached hydrogens (tertiary/aromatic N) is 1. The van der Waals surface area contributed by atoms with Crippen LogP contribution in [0.4, 0.5) is 0 Å². The Labute approximate surface area is 104 Å². The molecule has 2 aliphatic rings. The summed E-state index contributed by atoms with van der Waals surface area (Å²) < 4.78 is 0. The van der Waals surface area contributed by atoms with E-state index in [0.29, 0.717) is 6.04 Å². The zero-order chi connectivity index (χ0) is 12.6. The molecule has 0 radical (unpaired) electrons. The number of carboxylic acids is 1. The van der Waals surface area contributed by atoms with Crippen molar-refractivity contribution in [1.29, 1.82) is 0 Å². The summed E-state index contributed by atoms with van der Waals surface area (Å²) >= 11 is 0. The molecule has 1 N–H and O–H groups in total. The number of hydrogen-bond acceptors (Lipinski definition) is 2. The SMILES string of the molecule is CC1CCC(N2CCCC2(C)C(=O)O)CC1C. The fourth-order valence-corrected chi connectivity index (χ4v) is 3.60. The molecule has 3 nitrogen and oxygen atoms in total. The minimum absolute atomic E-state index is 0.491. The molecule has 17 heavy (non-hydrogen) atoms. The van der Waals surface area contributed by atoms with Crippen molar-refractivity contribution in [2.45, 2.75) is 64.5 Å². The molecule has 1 saturated carbocycles. The molecule has 0 aromatic heterocycles. The van der Waals surface area contributed by atoms with Gasteiger partial charge in [-0.1, -0.05) is 13.8 Å². The summed E-state index contributed by atoms with van der Waals surface area (Å²) in [5, 5.41) is 9.45. The molecule has 0 aromatic carbocycles. The van der Waals surface area contributed by atoms with Gasteiger partial charge >= 0.3 is 5.97 Å². The summed E-state index contributed by atoms with van der Waals surface area (Å²) in [6.07, 6.45) is 5.43. The van der Waals surface area contributed by atoms with Crippen molar-refractivity contribution in [2.75, 3.05) is 6.54 Å². The molecule has 3 heteroatoms. The number of rotatable bonds is 2. The van der Waals surface area contributed by atoms with Crippen LogP contribution in [0.15, 0.2) is 0 Å². The molecule has 1 saturated heterocycles. The van der Waals surface area contributed by atoms with Crippen LogP contribution in [0.5, 0.6) is 0 Å². The van der Waals surface area contributed by atoms with E-state index < -0.39 is 11.5 Å². The first-order chi connectivity index (χ1) is 7.95. The topological polar surface area (TPSA) is 40.5 Å². The summed E-state index contributed by atoms with van der Waals surface area (Å²) in [4.78, 5) is 13.8. The minimum atomic E-state index is -0.638. The maximum absolute atomic E-state index is 11.5. The number of aliphatic carboxylic acids is 1. The molecule has 0 aromatic rings. The molecule has 0 amide bonds. The summed E-state index contributed by atoms with van der Waals surface area (Å²) in [6, 6.07) is 0.491. The molecule has 1 heterocycles. The van der Waals surface area contributed by atoms with Gasteiger partial charge in [0.25, 0.3) is 0 Å². The van der Waals surface area contributed by atoms with E-state index in [2.05, 4.69) is 18.7 Å². The Morgan fingerprint density at radius 3 is 2.59 bits per heavy atom. The van der Waals surface area contributed by atoms with Gasteiger partial charge in [-0.2, -0.15) is 0 Å². The van der Waals surface area contributed by atoms with Crippen LogP contribution in [0, 0.1) is 11.8 Å². The number of hydrogen-bond donors (Lipinski definition) is 1. The minimum Gasteiger partial charge on any atom is -0.480 e. The van der Waals surface area contributed by atoms with Crippen molar-refractivity contribution in [1.82, 2.24) is 4.90 Å². The van der Waals surface area contributed by atoms with Gasteiger partial charge in [-0.3, -0.25) is 9.69 Å². The highest BCUT2D eigenvalue weighted by molar-refractivity contribution is 5.78. The van der Waals surface area contributed by atoms with E-state index in [4.69, 9.17) is 0 Å². The molecule has 4 atom stereocenters. The third kappa shape index (κ3) is 2.22. The van der Waals surface area contributed by atoms with Gasteiger partial charge in [-0.05, 0) is 57.4 Å². The summed E-state index contributed by atoms with van der Waals surface area (Å²) in [6.45, 7) is 7.51. The molecule has 2 rings (SSSR count). The lowest BCUT2D eigenvalue weighted by atomic mass is 9.78. The summed E-state index contributed by atoms with van der Waals surface area (Å²) in [5.41, 5.74) is -0.606. The van der Waals surface area contributed by atoms with Gasteiger partial charge < -0.3 is 5.11 Å². The van der Waals surface area contributed by atoms with Gasteiger partial charge in [0.15, 0.2) is 0 Å². The third-order valence-electron chi connectivity index (χ3n) is 5.17. The van der Waals surface area contributed by atoms with Gasteiger partial charge in [-0.25, -0.2) is 0 Å². The zero-order valence-corrected chi connectivity index (χ0v) is 11.3. The standard InChI is InChI=1S/C14H25NO2/c1-10-5-6-12(9-11(10)2)15-8-4-7-14(15,3)13(16)17/h10-12H,4-9H2,1-3H3,(H,16,17). The third-order valence-corrected chi connectivity index (χ3v) is 5.17. The molecular weight excluding hydrogens is 214 g/mol. The maximum atomic E-state index is 11.5. The molecular formula is C14H25NO2. The van der Waals surface area contributed by atoms with E-state index in [1.807, 2.05) is 6.92 Å². The predicted molar refractivity (Wildman–Crippen MR) is 67.9 cm³/mol. The second-order valence-electron chi connectivity index (χ2n) is 6.30. The quantitative estimate of drug-likeness (QED) is 0.805. The second-order valence-corrected chi connectivity index (χ2v) is 6.30. The Bertz CT molecular complexity index is 305. The van der Waals surface area contributed by atoms with E-state index in [0.717, 1.165) is 31.2 Å². The number of carbonyl (C=O) groups is 1. The Balaban J connectivity index is 2.09. The van der Waals surface area contributed by atoms with E-state index in [1.54, 1.807) is 0 Å². The highest BCUT2D eigenvalue weighted by Gasteiger charge is 2.47. The average molecular weight is 239 g/mol. The number of likely N-dealkylation sites (tertiary alicyclic amines) is 1. The summed E-state index contributed by atoms with van der Waals surface area (Å²) in [5.74, 6) is 0.888. The van der Waals surface area contributed by atoms with Crippen LogP contribution in [0.1, 0.15) is 52.9 Å². The first kappa shape index (κ1) is 12.9. The van der Waals surface area contributed by atoms with Gasteiger partial charge in [0.2, 0.25) is 0 Å². The van der Waals surface area contributed by atoms with Crippen LogP contribution in [0.2, 0.25) is 0 Å². The average Bonchev–Trinajstić information content (AvgIpc) is 2.66. The van der Waals surface area contributed by atoms with Gasteiger partial charge in [0, 0.05) is 6.04 Å². The van der Waals surface area contributed by atoms with Crippen molar-refractivity contribution in [3.8, 4) is 0 Å². The van der Waals surface area contributed by atoms with Crippen LogP contribution < -0.4 is 0 Å². The second kappa shape index (κ2) is 4.60. The molecule has 2 fully saturated rings. The molecule has 0 spiro atoms. The fraction of sp³-hybridized carbons (Fsp3) is 0.929. The normalized spacial score (nSPS) is 43.8. The van der Waals surface area contributed by atoms with E-state index in [9.17, 15) is 9.90 Å². The van der Waals surface area contributed by atoms with Crippen molar-refractivity contribution in [3.63, 3.8) is 0 Å². The van der Waals surface area contributed by atoms with Crippen molar-refractivity contribution in [3.05, 3.63) is 0 Å². The van der Waals surface area contributed by atoms with Crippen LogP contribution in [0.3, 0.4) is 0 Å². The van der Waals surface area contributed by atoms with Crippen LogP contribution in [0.25, 0.3) is 0 Å². The first-order valence-electron chi connectivity index (χ1n) is 6.95. The molecule has 98 valence electrons. The lowest BCUT2D eigenvalue weighted by Crippen LogP contribution is -2.54. The van der Waals surface area contributed by atoms with Gasteiger partial charge in [0.1, 0.15) is 5.54 Å². The number of carboxylic acid groups (broad SMARTS) is 1. The lowest BCUT2D eigenvalue weighted by molar-refractivity contribution is -0.150. The highest BCUT2D eigenvalue weighted by Crippen LogP contribution is 2.39. The van der Waals surface area contributed by atoms with Gasteiger partial charge in [0.05, 0.1) is 0 Å².